The quantitative estimate of drug-likeness (QED) is 0.143. The number of halogens is 16. The molecule has 0 N–H and O–H groups in total. The molecule has 0 atom stereocenters. The van der Waals surface area contributed by atoms with Gasteiger partial charge in [0.25, 0.3) is 0 Å². The van der Waals surface area contributed by atoms with Crippen LogP contribution in [-0.4, -0.2) is 29.0 Å². The Bertz CT molecular complexity index is 382. The molecule has 32 heavy (non-hydrogen) atoms. The molecule has 0 bridgehead atoms. The van der Waals surface area contributed by atoms with Gasteiger partial charge >= 0.3 is 49.1 Å². The van der Waals surface area contributed by atoms with E-state index in [1.165, 1.54) is 32.6 Å². The molecule has 22 heteroatoms. The first-order valence-corrected chi connectivity index (χ1v) is 7.51. The molecule has 0 heterocycles. The van der Waals surface area contributed by atoms with Crippen LogP contribution in [0.25, 0.3) is 0 Å². The Kier molecular flexibility index (Phi) is 33.9. The van der Waals surface area contributed by atoms with Crippen molar-refractivity contribution in [3.63, 3.8) is 0 Å². The Morgan fingerprint density at radius 3 is 0.594 bits per heavy atom. The molecule has 1 radical (unpaired) electrons. The third-order valence-electron chi connectivity index (χ3n) is 1.33. The van der Waals surface area contributed by atoms with Gasteiger partial charge in [0.2, 0.25) is 0 Å². The maximum Gasteiger partial charge on any atom is 4.00 e. The molecule has 0 spiro atoms. The van der Waals surface area contributed by atoms with Crippen molar-refractivity contribution in [2.24, 2.45) is 0 Å². The van der Waals surface area contributed by atoms with Crippen molar-refractivity contribution >= 4 is 29.0 Å². The van der Waals surface area contributed by atoms with E-state index in [2.05, 4.69) is 24.3 Å². The summed E-state index contributed by atoms with van der Waals surface area (Å²) in [7, 11) is -24.0. The van der Waals surface area contributed by atoms with Crippen LogP contribution in [-0.2, 0) is 20.1 Å². The molecule has 193 valence electrons. The Morgan fingerprint density at radius 2 is 0.531 bits per heavy atom. The Hall–Kier alpha value is -1.24. The molecular weight excluding hydrogens is 674 g/mol. The fourth-order valence-corrected chi connectivity index (χ4v) is 0.856. The van der Waals surface area contributed by atoms with Crippen LogP contribution in [0.15, 0.2) is 24.3 Å². The molecule has 0 amide bonds. The largest absolute Gasteiger partial charge is 4.00 e. The average Bonchev–Trinajstić information content (AvgIpc) is 2.29. The second kappa shape index (κ2) is 24.4. The summed E-state index contributed by atoms with van der Waals surface area (Å²) in [4.78, 5) is 0. The number of nitrogens with zero attached hydrogens (tertiary/aromatic N) is 1. The van der Waals surface area contributed by atoms with Crippen molar-refractivity contribution in [3.05, 3.63) is 24.3 Å². The summed E-state index contributed by atoms with van der Waals surface area (Å²) in [6.45, 7) is 1.43. The maximum atomic E-state index is 9.75. The van der Waals surface area contributed by atoms with Gasteiger partial charge in [-0.3, -0.25) is 0 Å². The van der Waals surface area contributed by atoms with E-state index in [1.54, 1.807) is 6.07 Å². The minimum Gasteiger partial charge on any atom is -0.418 e. The van der Waals surface area contributed by atoms with Gasteiger partial charge in [-0.25, -0.2) is 0 Å². The Labute approximate surface area is 187 Å². The zero-order valence-corrected chi connectivity index (χ0v) is 18.2. The van der Waals surface area contributed by atoms with Crippen LogP contribution in [0.5, 0.6) is 0 Å². The number of nitriles is 1. The summed E-state index contributed by atoms with van der Waals surface area (Å²) in [6.07, 6.45) is 14.0. The van der Waals surface area contributed by atoms with Crippen LogP contribution in [0.3, 0.4) is 0 Å². The summed E-state index contributed by atoms with van der Waals surface area (Å²) in [5.41, 5.74) is 0. The summed E-state index contributed by atoms with van der Waals surface area (Å²) in [5.74, 6) is 0. The van der Waals surface area contributed by atoms with Gasteiger partial charge in [0, 0.05) is 6.92 Å². The van der Waals surface area contributed by atoms with Gasteiger partial charge in [-0.15, -0.1) is 0 Å². The van der Waals surface area contributed by atoms with Gasteiger partial charge in [0.05, 0.1) is 6.07 Å². The molecule has 0 fully saturated rings. The zero-order chi connectivity index (χ0) is 26.4. The molecule has 1 rings (SSSR count). The standard InChI is InChI=1S/C8H12.C2H3N.4BF4.Ir/c1-2-4-6-8-7-5-3-1;1-2-3;4*2-1(3,4)5;/h1-2,7-8H,3-6H2;1H3;;;;;/q;;4*-1;+4/b2-1-,8-7-;;;;;;. The van der Waals surface area contributed by atoms with Gasteiger partial charge < -0.3 is 69.1 Å². The van der Waals surface area contributed by atoms with E-state index in [-0.39, 0.29) is 20.1 Å². The molecule has 1 aliphatic rings. The van der Waals surface area contributed by atoms with Gasteiger partial charge in [-0.2, -0.15) is 5.26 Å². The van der Waals surface area contributed by atoms with E-state index in [9.17, 15) is 69.1 Å². The van der Waals surface area contributed by atoms with Crippen molar-refractivity contribution in [2.45, 2.75) is 32.6 Å². The van der Waals surface area contributed by atoms with E-state index in [1.807, 2.05) is 0 Å². The van der Waals surface area contributed by atoms with E-state index >= 15 is 0 Å². The van der Waals surface area contributed by atoms with Gasteiger partial charge in [-0.05, 0) is 25.7 Å². The summed E-state index contributed by atoms with van der Waals surface area (Å²) in [6, 6.07) is 1.75. The first kappa shape index (κ1) is 44.4. The van der Waals surface area contributed by atoms with E-state index < -0.39 is 29.0 Å². The molecule has 0 aliphatic heterocycles. The van der Waals surface area contributed by atoms with Crippen LogP contribution in [0, 0.1) is 11.3 Å². The van der Waals surface area contributed by atoms with E-state index in [0.29, 0.717) is 0 Å². The average molecular weight is 689 g/mol. The zero-order valence-electron chi connectivity index (χ0n) is 15.8. The van der Waals surface area contributed by atoms with Crippen molar-refractivity contribution in [1.29, 1.82) is 5.26 Å². The SMILES string of the molecule is C1=C\CC/C=C\CC/1.CC#N.F[B-](F)(F)F.F[B-](F)(F)F.F[B-](F)(F)F.F[B-](F)(F)F.[Ir+4]. The van der Waals surface area contributed by atoms with Crippen molar-refractivity contribution in [1.82, 2.24) is 0 Å². The fraction of sp³-hybridized carbons (Fsp3) is 0.500. The minimum atomic E-state index is -6.00. The second-order valence-electron chi connectivity index (χ2n) is 4.30. The van der Waals surface area contributed by atoms with Gasteiger partial charge in [0.1, 0.15) is 0 Å². The molecule has 0 aromatic heterocycles. The third kappa shape index (κ3) is 485. The number of allylic oxidation sites excluding steroid dienone is 4. The Morgan fingerprint density at radius 1 is 0.469 bits per heavy atom. The third-order valence-corrected chi connectivity index (χ3v) is 1.33. The summed E-state index contributed by atoms with van der Waals surface area (Å²) < 4.78 is 156. The van der Waals surface area contributed by atoms with Crippen molar-refractivity contribution in [2.75, 3.05) is 0 Å². The number of hydrogen-bond acceptors (Lipinski definition) is 1. The molecule has 0 aromatic rings. The smallest absolute Gasteiger partial charge is 0.418 e. The molecule has 1 aliphatic carbocycles. The molecule has 0 saturated heterocycles. The molecule has 1 nitrogen and oxygen atoms in total. The van der Waals surface area contributed by atoms with E-state index in [4.69, 9.17) is 5.26 Å². The Balaban J connectivity index is -0.0000000647. The second-order valence-corrected chi connectivity index (χ2v) is 4.30. The van der Waals surface area contributed by atoms with Crippen LogP contribution in [0.4, 0.5) is 69.1 Å². The minimum absolute atomic E-state index is 0. The predicted molar refractivity (Wildman–Crippen MR) is 88.8 cm³/mol. The molecular formula is C10H15B4F16IrN. The fourth-order valence-electron chi connectivity index (χ4n) is 0.856. The van der Waals surface area contributed by atoms with Crippen molar-refractivity contribution in [3.8, 4) is 6.07 Å². The monoisotopic (exact) mass is 690 g/mol. The first-order valence-electron chi connectivity index (χ1n) is 7.51. The van der Waals surface area contributed by atoms with Crippen LogP contribution in [0.1, 0.15) is 32.6 Å². The molecule has 0 unspecified atom stereocenters. The van der Waals surface area contributed by atoms with Crippen LogP contribution in [0.2, 0.25) is 0 Å². The van der Waals surface area contributed by atoms with Crippen molar-refractivity contribution < 1.29 is 89.2 Å². The van der Waals surface area contributed by atoms with E-state index in [0.717, 1.165) is 0 Å². The normalized spacial score (nSPS) is 14.8. The van der Waals surface area contributed by atoms with Gasteiger partial charge in [0.15, 0.2) is 0 Å². The first-order chi connectivity index (χ1) is 13.4. The van der Waals surface area contributed by atoms with Crippen LogP contribution < -0.4 is 0 Å². The molecule has 0 saturated carbocycles. The molecule has 0 aromatic carbocycles. The summed E-state index contributed by atoms with van der Waals surface area (Å²) in [5, 5.41) is 7.32. The van der Waals surface area contributed by atoms with Crippen LogP contribution >= 0.6 is 0 Å². The van der Waals surface area contributed by atoms with Gasteiger partial charge in [-0.1, -0.05) is 24.3 Å². The number of hydrogen-bond donors (Lipinski definition) is 0. The summed E-state index contributed by atoms with van der Waals surface area (Å²) >= 11 is 0. The predicted octanol–water partition coefficient (Wildman–Crippen LogP) is 8.40. The topological polar surface area (TPSA) is 23.8 Å². The maximum absolute atomic E-state index is 9.75. The number of rotatable bonds is 0.